The summed E-state index contributed by atoms with van der Waals surface area (Å²) in [6, 6.07) is 9.19. The molecule has 0 saturated heterocycles. The van der Waals surface area contributed by atoms with Crippen LogP contribution in [0.15, 0.2) is 46.9 Å². The fourth-order valence-corrected chi connectivity index (χ4v) is 3.52. The smallest absolute Gasteiger partial charge is 0.446 e. The molecule has 0 unspecified atom stereocenters. The SMILES string of the molecule is COc1ccc2c(c1Cl)C/C(=C\c1ccc(SC(F)(F)F)cc1)C2=O. The van der Waals surface area contributed by atoms with Crippen LogP contribution in [-0.2, 0) is 6.42 Å². The molecular formula is C18H12ClF3O2S. The maximum atomic E-state index is 12.5. The van der Waals surface area contributed by atoms with Gasteiger partial charge in [-0.05, 0) is 53.2 Å². The third-order valence-electron chi connectivity index (χ3n) is 3.79. The second kappa shape index (κ2) is 6.77. The van der Waals surface area contributed by atoms with Gasteiger partial charge >= 0.3 is 5.51 Å². The summed E-state index contributed by atoms with van der Waals surface area (Å²) in [5.74, 6) is 0.372. The third-order valence-corrected chi connectivity index (χ3v) is 4.94. The molecule has 2 aromatic rings. The van der Waals surface area contributed by atoms with Gasteiger partial charge in [0.2, 0.25) is 0 Å². The molecule has 0 radical (unpaired) electrons. The number of alkyl halides is 3. The normalized spacial score (nSPS) is 15.6. The lowest BCUT2D eigenvalue weighted by molar-refractivity contribution is -0.0328. The lowest BCUT2D eigenvalue weighted by atomic mass is 10.1. The minimum Gasteiger partial charge on any atom is -0.495 e. The van der Waals surface area contributed by atoms with Gasteiger partial charge < -0.3 is 4.74 Å². The van der Waals surface area contributed by atoms with Crippen LogP contribution in [0.4, 0.5) is 13.2 Å². The molecule has 0 aliphatic heterocycles. The van der Waals surface area contributed by atoms with Crippen molar-refractivity contribution in [3.63, 3.8) is 0 Å². The number of benzene rings is 2. The van der Waals surface area contributed by atoms with Crippen molar-refractivity contribution in [3.8, 4) is 5.75 Å². The lowest BCUT2D eigenvalue weighted by Crippen LogP contribution is -1.98. The molecule has 3 rings (SSSR count). The van der Waals surface area contributed by atoms with Crippen LogP contribution in [0.25, 0.3) is 6.08 Å². The maximum Gasteiger partial charge on any atom is 0.446 e. The Labute approximate surface area is 151 Å². The van der Waals surface area contributed by atoms with E-state index in [1.165, 1.54) is 19.2 Å². The predicted molar refractivity (Wildman–Crippen MR) is 92.4 cm³/mol. The van der Waals surface area contributed by atoms with Crippen molar-refractivity contribution in [2.24, 2.45) is 0 Å². The van der Waals surface area contributed by atoms with Crippen LogP contribution in [0.3, 0.4) is 0 Å². The molecule has 0 heterocycles. The van der Waals surface area contributed by atoms with Gasteiger partial charge in [-0.2, -0.15) is 13.2 Å². The van der Waals surface area contributed by atoms with Crippen LogP contribution in [0.5, 0.6) is 5.75 Å². The first kappa shape index (κ1) is 17.9. The third kappa shape index (κ3) is 3.85. The summed E-state index contributed by atoms with van der Waals surface area (Å²) in [7, 11) is 1.50. The van der Waals surface area contributed by atoms with Crippen molar-refractivity contribution >= 4 is 35.2 Å². The Morgan fingerprint density at radius 3 is 2.44 bits per heavy atom. The number of Topliss-reactive ketones (excluding diaryl/α,β-unsaturated/α-hetero) is 1. The monoisotopic (exact) mass is 384 g/mol. The first-order valence-electron chi connectivity index (χ1n) is 7.25. The zero-order chi connectivity index (χ0) is 18.2. The van der Waals surface area contributed by atoms with Crippen LogP contribution in [0.1, 0.15) is 21.5 Å². The Hall–Kier alpha value is -1.92. The highest BCUT2D eigenvalue weighted by Crippen LogP contribution is 2.39. The number of ketones is 1. The minimum absolute atomic E-state index is 0.100. The van der Waals surface area contributed by atoms with Crippen LogP contribution in [0, 0.1) is 0 Å². The average molecular weight is 385 g/mol. The quantitative estimate of drug-likeness (QED) is 0.495. The molecule has 0 fully saturated rings. The molecule has 0 N–H and O–H groups in total. The van der Waals surface area contributed by atoms with E-state index < -0.39 is 5.51 Å². The second-order valence-electron chi connectivity index (χ2n) is 5.40. The van der Waals surface area contributed by atoms with Crippen molar-refractivity contribution in [1.29, 1.82) is 0 Å². The molecule has 2 nitrogen and oxygen atoms in total. The minimum atomic E-state index is -4.32. The molecule has 0 atom stereocenters. The number of hydrogen-bond donors (Lipinski definition) is 0. The van der Waals surface area contributed by atoms with E-state index in [0.29, 0.717) is 39.5 Å². The second-order valence-corrected chi connectivity index (χ2v) is 6.92. The first-order valence-corrected chi connectivity index (χ1v) is 8.44. The van der Waals surface area contributed by atoms with Gasteiger partial charge in [0.15, 0.2) is 5.78 Å². The van der Waals surface area contributed by atoms with Gasteiger partial charge in [0.25, 0.3) is 0 Å². The highest BCUT2D eigenvalue weighted by Gasteiger charge is 2.30. The molecule has 1 aliphatic rings. The van der Waals surface area contributed by atoms with E-state index in [2.05, 4.69) is 0 Å². The molecule has 0 saturated carbocycles. The largest absolute Gasteiger partial charge is 0.495 e. The molecule has 7 heteroatoms. The average Bonchev–Trinajstić information content (AvgIpc) is 2.86. The lowest BCUT2D eigenvalue weighted by Gasteiger charge is -2.06. The number of halogens is 4. The molecule has 0 spiro atoms. The van der Waals surface area contributed by atoms with Crippen molar-refractivity contribution in [3.05, 3.63) is 63.7 Å². The zero-order valence-corrected chi connectivity index (χ0v) is 14.6. The molecule has 1 aliphatic carbocycles. The summed E-state index contributed by atoms with van der Waals surface area (Å²) in [5.41, 5.74) is -1.88. The van der Waals surface area contributed by atoms with Crippen LogP contribution in [0.2, 0.25) is 5.02 Å². The Morgan fingerprint density at radius 2 is 1.84 bits per heavy atom. The predicted octanol–water partition coefficient (Wildman–Crippen LogP) is 5.78. The van der Waals surface area contributed by atoms with Crippen molar-refractivity contribution in [2.45, 2.75) is 16.8 Å². The molecule has 0 amide bonds. The van der Waals surface area contributed by atoms with E-state index in [4.69, 9.17) is 16.3 Å². The molecule has 0 bridgehead atoms. The number of methoxy groups -OCH3 is 1. The number of thioether (sulfide) groups is 1. The van der Waals surface area contributed by atoms with Crippen molar-refractivity contribution in [2.75, 3.05) is 7.11 Å². The van der Waals surface area contributed by atoms with Gasteiger partial charge in [-0.1, -0.05) is 23.7 Å². The van der Waals surface area contributed by atoms with Gasteiger partial charge in [0.05, 0.1) is 12.1 Å². The fraction of sp³-hybridized carbons (Fsp3) is 0.167. The van der Waals surface area contributed by atoms with Crippen molar-refractivity contribution in [1.82, 2.24) is 0 Å². The summed E-state index contributed by atoms with van der Waals surface area (Å²) in [6.45, 7) is 0. The molecule has 25 heavy (non-hydrogen) atoms. The number of hydrogen-bond acceptors (Lipinski definition) is 3. The topological polar surface area (TPSA) is 26.3 Å². The van der Waals surface area contributed by atoms with Gasteiger partial charge in [-0.25, -0.2) is 0 Å². The molecule has 130 valence electrons. The van der Waals surface area contributed by atoms with Crippen LogP contribution < -0.4 is 4.74 Å². The first-order chi connectivity index (χ1) is 11.8. The van der Waals surface area contributed by atoms with E-state index in [9.17, 15) is 18.0 Å². The van der Waals surface area contributed by atoms with E-state index >= 15 is 0 Å². The van der Waals surface area contributed by atoms with Gasteiger partial charge in [0.1, 0.15) is 5.75 Å². The number of rotatable bonds is 3. The fourth-order valence-electron chi connectivity index (χ4n) is 2.67. The summed E-state index contributed by atoms with van der Waals surface area (Å²) in [6.07, 6.45) is 2.04. The summed E-state index contributed by atoms with van der Waals surface area (Å²) >= 11 is 6.09. The van der Waals surface area contributed by atoms with E-state index in [1.807, 2.05) is 0 Å². The standard InChI is InChI=1S/C18H12ClF3O2S/c1-24-15-7-6-13-14(16(15)19)9-11(17(13)23)8-10-2-4-12(5-3-10)25-18(20,21)22/h2-8H,9H2,1H3/b11-8+. The Morgan fingerprint density at radius 1 is 1.16 bits per heavy atom. The molecule has 2 aromatic carbocycles. The summed E-state index contributed by atoms with van der Waals surface area (Å²) in [5, 5.41) is 0.411. The van der Waals surface area contributed by atoms with Gasteiger partial charge in [-0.3, -0.25) is 4.79 Å². The molecule has 0 aromatic heterocycles. The number of carbonyl (C=O) groups is 1. The zero-order valence-electron chi connectivity index (χ0n) is 13.0. The van der Waals surface area contributed by atoms with Crippen molar-refractivity contribution < 1.29 is 22.7 Å². The van der Waals surface area contributed by atoms with E-state index in [1.54, 1.807) is 30.3 Å². The number of allylic oxidation sites excluding steroid dienone is 1. The Bertz CT molecular complexity index is 858. The highest BCUT2D eigenvalue weighted by molar-refractivity contribution is 8.00. The maximum absolute atomic E-state index is 12.5. The van der Waals surface area contributed by atoms with Gasteiger partial charge in [-0.15, -0.1) is 0 Å². The Kier molecular flexibility index (Phi) is 4.84. The van der Waals surface area contributed by atoms with E-state index in [0.717, 1.165) is 0 Å². The van der Waals surface area contributed by atoms with Crippen LogP contribution in [-0.4, -0.2) is 18.4 Å². The molecular weight excluding hydrogens is 373 g/mol. The van der Waals surface area contributed by atoms with Gasteiger partial charge in [0, 0.05) is 22.5 Å². The van der Waals surface area contributed by atoms with E-state index in [-0.39, 0.29) is 22.4 Å². The van der Waals surface area contributed by atoms with Crippen LogP contribution >= 0.6 is 23.4 Å². The highest BCUT2D eigenvalue weighted by atomic mass is 35.5. The number of fused-ring (bicyclic) bond motifs is 1. The Balaban J connectivity index is 1.86. The summed E-state index contributed by atoms with van der Waals surface area (Å²) < 4.78 is 42.2. The number of carbonyl (C=O) groups excluding carboxylic acids is 1. The summed E-state index contributed by atoms with van der Waals surface area (Å²) in [4.78, 5) is 12.6. The number of ether oxygens (including phenoxy) is 1.